The number of ether oxygens (including phenoxy) is 1. The summed E-state index contributed by atoms with van der Waals surface area (Å²) in [5, 5.41) is 3.56. The van der Waals surface area contributed by atoms with Gasteiger partial charge in [-0.15, -0.1) is 0 Å². The average molecular weight is 440 g/mol. The Hall–Kier alpha value is -3.80. The number of hydrogen-bond acceptors (Lipinski definition) is 6. The summed E-state index contributed by atoms with van der Waals surface area (Å²) in [6.45, 7) is 4.23. The summed E-state index contributed by atoms with van der Waals surface area (Å²) in [5.41, 5.74) is 4.43. The number of esters is 1. The SMILES string of the molecule is CC1(C)CC(=O)C2=C(C1)Nc1ccccc1N([C@H]1OC(=O)c3ccccc31)[C@H]2c1ccco1. The maximum Gasteiger partial charge on any atom is 0.340 e. The highest BCUT2D eigenvalue weighted by Gasteiger charge is 2.47. The lowest BCUT2D eigenvalue weighted by molar-refractivity contribution is -0.118. The van der Waals surface area contributed by atoms with Crippen molar-refractivity contribution in [2.75, 3.05) is 10.2 Å². The number of carbonyl (C=O) groups excluding carboxylic acids is 2. The van der Waals surface area contributed by atoms with Crippen LogP contribution in [0.1, 0.15) is 60.6 Å². The molecular weight excluding hydrogens is 416 g/mol. The number of nitrogens with zero attached hydrogens (tertiary/aromatic N) is 1. The number of rotatable bonds is 2. The Morgan fingerprint density at radius 2 is 1.76 bits per heavy atom. The van der Waals surface area contributed by atoms with Crippen molar-refractivity contribution in [1.82, 2.24) is 0 Å². The van der Waals surface area contributed by atoms with Crippen LogP contribution >= 0.6 is 0 Å². The molecule has 6 nitrogen and oxygen atoms in total. The summed E-state index contributed by atoms with van der Waals surface area (Å²) >= 11 is 0. The molecular formula is C27H24N2O4. The van der Waals surface area contributed by atoms with Gasteiger partial charge in [0.2, 0.25) is 6.23 Å². The van der Waals surface area contributed by atoms with Gasteiger partial charge in [0, 0.05) is 23.3 Å². The summed E-state index contributed by atoms with van der Waals surface area (Å²) in [6.07, 6.45) is 2.09. The first-order chi connectivity index (χ1) is 15.9. The van der Waals surface area contributed by atoms with E-state index < -0.39 is 12.3 Å². The number of fused-ring (bicyclic) bond motifs is 2. The molecule has 0 saturated heterocycles. The summed E-state index contributed by atoms with van der Waals surface area (Å²) in [7, 11) is 0. The van der Waals surface area contributed by atoms with Crippen LogP contribution in [0.3, 0.4) is 0 Å². The van der Waals surface area contributed by atoms with Gasteiger partial charge >= 0.3 is 5.97 Å². The molecule has 0 radical (unpaired) electrons. The molecule has 3 aliphatic rings. The van der Waals surface area contributed by atoms with E-state index in [4.69, 9.17) is 9.15 Å². The lowest BCUT2D eigenvalue weighted by Gasteiger charge is -2.39. The largest absolute Gasteiger partial charge is 0.467 e. The van der Waals surface area contributed by atoms with Crippen molar-refractivity contribution >= 4 is 23.1 Å². The number of hydrogen-bond donors (Lipinski definition) is 1. The minimum absolute atomic E-state index is 0.0746. The first kappa shape index (κ1) is 19.9. The number of nitrogens with one attached hydrogen (secondary N) is 1. The lowest BCUT2D eigenvalue weighted by atomic mass is 9.74. The Balaban J connectivity index is 1.63. The summed E-state index contributed by atoms with van der Waals surface area (Å²) in [4.78, 5) is 28.4. The molecule has 2 aliphatic heterocycles. The van der Waals surface area contributed by atoms with E-state index >= 15 is 0 Å². The Kier molecular flexibility index (Phi) is 4.27. The molecule has 0 unspecified atom stereocenters. The van der Waals surface area contributed by atoms with E-state index in [2.05, 4.69) is 19.2 Å². The fraction of sp³-hybridized carbons (Fsp3) is 0.259. The number of furan rings is 1. The third-order valence-corrected chi connectivity index (χ3v) is 6.67. The zero-order valence-electron chi connectivity index (χ0n) is 18.5. The van der Waals surface area contributed by atoms with Crippen LogP contribution in [0, 0.1) is 5.41 Å². The molecule has 6 rings (SSSR count). The molecule has 1 aliphatic carbocycles. The van der Waals surface area contributed by atoms with Crippen molar-refractivity contribution in [2.24, 2.45) is 5.41 Å². The van der Waals surface area contributed by atoms with Gasteiger partial charge in [-0.1, -0.05) is 44.2 Å². The Bertz CT molecular complexity index is 1310. The predicted octanol–water partition coefficient (Wildman–Crippen LogP) is 5.77. The van der Waals surface area contributed by atoms with Crippen LogP contribution in [-0.2, 0) is 9.53 Å². The van der Waals surface area contributed by atoms with Gasteiger partial charge in [0.1, 0.15) is 11.8 Å². The molecule has 0 fully saturated rings. The molecule has 2 atom stereocenters. The Morgan fingerprint density at radius 3 is 2.58 bits per heavy atom. The van der Waals surface area contributed by atoms with Gasteiger partial charge in [-0.3, -0.25) is 4.79 Å². The van der Waals surface area contributed by atoms with Gasteiger partial charge < -0.3 is 19.4 Å². The van der Waals surface area contributed by atoms with Crippen molar-refractivity contribution < 1.29 is 18.7 Å². The Labute approximate surface area is 191 Å². The molecule has 1 aromatic heterocycles. The van der Waals surface area contributed by atoms with Crippen molar-refractivity contribution in [3.8, 4) is 0 Å². The molecule has 3 aromatic rings. The molecule has 0 amide bonds. The molecule has 6 heteroatoms. The average Bonchev–Trinajstić information content (AvgIpc) is 3.39. The van der Waals surface area contributed by atoms with Gasteiger partial charge in [-0.2, -0.15) is 0 Å². The smallest absolute Gasteiger partial charge is 0.340 e. The highest BCUT2D eigenvalue weighted by molar-refractivity contribution is 6.01. The van der Waals surface area contributed by atoms with Crippen LogP contribution in [0.15, 0.2) is 82.6 Å². The van der Waals surface area contributed by atoms with Crippen molar-refractivity contribution in [2.45, 2.75) is 39.0 Å². The van der Waals surface area contributed by atoms with Crippen LogP contribution in [0.2, 0.25) is 0 Å². The molecule has 1 N–H and O–H groups in total. The predicted molar refractivity (Wildman–Crippen MR) is 124 cm³/mol. The van der Waals surface area contributed by atoms with Gasteiger partial charge in [-0.05, 0) is 42.2 Å². The maximum absolute atomic E-state index is 13.6. The number of allylic oxidation sites excluding steroid dienone is 1. The van der Waals surface area contributed by atoms with Gasteiger partial charge in [0.15, 0.2) is 5.78 Å². The molecule has 166 valence electrons. The van der Waals surface area contributed by atoms with Crippen LogP contribution in [0.25, 0.3) is 0 Å². The zero-order chi connectivity index (χ0) is 22.7. The van der Waals surface area contributed by atoms with Crippen molar-refractivity contribution in [3.63, 3.8) is 0 Å². The molecule has 0 spiro atoms. The number of Topliss-reactive ketones (excluding diaryl/α,β-unsaturated/α-hetero) is 1. The number of carbonyl (C=O) groups is 2. The monoisotopic (exact) mass is 440 g/mol. The first-order valence-corrected chi connectivity index (χ1v) is 11.2. The maximum atomic E-state index is 13.6. The molecule has 2 aromatic carbocycles. The van der Waals surface area contributed by atoms with Crippen LogP contribution in [0.4, 0.5) is 11.4 Å². The van der Waals surface area contributed by atoms with Crippen LogP contribution < -0.4 is 10.2 Å². The fourth-order valence-corrected chi connectivity index (χ4v) is 5.33. The molecule has 33 heavy (non-hydrogen) atoms. The quantitative estimate of drug-likeness (QED) is 0.511. The second-order valence-electron chi connectivity index (χ2n) is 9.65. The van der Waals surface area contributed by atoms with E-state index in [0.29, 0.717) is 23.3 Å². The van der Waals surface area contributed by atoms with E-state index in [1.807, 2.05) is 59.5 Å². The van der Waals surface area contributed by atoms with E-state index in [0.717, 1.165) is 29.1 Å². The normalized spacial score (nSPS) is 23.3. The van der Waals surface area contributed by atoms with E-state index in [9.17, 15) is 9.59 Å². The summed E-state index contributed by atoms with van der Waals surface area (Å²) < 4.78 is 11.9. The summed E-state index contributed by atoms with van der Waals surface area (Å²) in [5.74, 6) is 0.342. The lowest BCUT2D eigenvalue weighted by Crippen LogP contribution is -2.38. The second-order valence-corrected chi connectivity index (χ2v) is 9.65. The van der Waals surface area contributed by atoms with Crippen LogP contribution in [0.5, 0.6) is 0 Å². The fourth-order valence-electron chi connectivity index (χ4n) is 5.33. The second kappa shape index (κ2) is 7.10. The minimum atomic E-state index is -0.693. The number of cyclic esters (lactones) is 1. The molecule has 3 heterocycles. The van der Waals surface area contributed by atoms with Gasteiger partial charge in [-0.25, -0.2) is 4.79 Å². The topological polar surface area (TPSA) is 71.8 Å². The van der Waals surface area contributed by atoms with Crippen molar-refractivity contribution in [1.29, 1.82) is 0 Å². The van der Waals surface area contributed by atoms with E-state index in [1.54, 1.807) is 12.3 Å². The Morgan fingerprint density at radius 1 is 0.970 bits per heavy atom. The van der Waals surface area contributed by atoms with E-state index in [-0.39, 0.29) is 17.2 Å². The van der Waals surface area contributed by atoms with Gasteiger partial charge in [0.05, 0.1) is 23.2 Å². The van der Waals surface area contributed by atoms with Crippen molar-refractivity contribution in [3.05, 3.63) is 95.1 Å². The third kappa shape index (κ3) is 3.09. The van der Waals surface area contributed by atoms with E-state index in [1.165, 1.54) is 0 Å². The number of ketones is 1. The minimum Gasteiger partial charge on any atom is -0.467 e. The number of anilines is 2. The molecule has 0 saturated carbocycles. The number of para-hydroxylation sites is 2. The van der Waals surface area contributed by atoms with Gasteiger partial charge in [0.25, 0.3) is 0 Å². The summed E-state index contributed by atoms with van der Waals surface area (Å²) in [6, 6.07) is 18.5. The highest BCUT2D eigenvalue weighted by Crippen LogP contribution is 2.52. The third-order valence-electron chi connectivity index (χ3n) is 6.67. The zero-order valence-corrected chi connectivity index (χ0v) is 18.5. The first-order valence-electron chi connectivity index (χ1n) is 11.2. The standard InChI is InChI=1S/C27H24N2O4/c1-27(2)14-19-23(21(30)15-27)24(22-12-7-13-32-22)29(20-11-6-5-10-18(20)28-19)25-16-8-3-4-9-17(16)26(31)33-25/h3-13,24-25,28H,14-15H2,1-2H3/t24-,25-/m0/s1. The molecule has 0 bridgehead atoms. The number of benzene rings is 2. The highest BCUT2D eigenvalue weighted by atomic mass is 16.6. The van der Waals surface area contributed by atoms with Crippen LogP contribution in [-0.4, -0.2) is 11.8 Å².